The van der Waals surface area contributed by atoms with Gasteiger partial charge in [0, 0.05) is 36.7 Å². The third kappa shape index (κ3) is 3.90. The number of rotatable bonds is 5. The van der Waals surface area contributed by atoms with Crippen LogP contribution in [0.3, 0.4) is 0 Å². The molecule has 2 aromatic rings. The van der Waals surface area contributed by atoms with Gasteiger partial charge in [0.05, 0.1) is 0 Å². The van der Waals surface area contributed by atoms with Crippen molar-refractivity contribution in [2.75, 3.05) is 5.32 Å². The topological polar surface area (TPSA) is 90.7 Å². The Kier molecular flexibility index (Phi) is 4.81. The summed E-state index contributed by atoms with van der Waals surface area (Å²) in [6.07, 6.45) is 6.29. The summed E-state index contributed by atoms with van der Waals surface area (Å²) in [5, 5.41) is 16.9. The largest absolute Gasteiger partial charge is 0.347 e. The summed E-state index contributed by atoms with van der Waals surface area (Å²) < 4.78 is 0. The normalized spacial score (nSPS) is 10.7. The Morgan fingerprint density at radius 3 is 3.05 bits per heavy atom. The Morgan fingerprint density at radius 1 is 1.50 bits per heavy atom. The highest BCUT2D eigenvalue weighted by Gasteiger charge is 2.08. The minimum Gasteiger partial charge on any atom is -0.347 e. The van der Waals surface area contributed by atoms with Crippen LogP contribution in [0.2, 0.25) is 0 Å². The molecule has 6 nitrogen and oxygen atoms in total. The highest BCUT2D eigenvalue weighted by atomic mass is 32.1. The lowest BCUT2D eigenvalue weighted by atomic mass is 10.2. The molecule has 0 fully saturated rings. The van der Waals surface area contributed by atoms with Gasteiger partial charge in [-0.1, -0.05) is 6.07 Å². The highest BCUT2D eigenvalue weighted by molar-refractivity contribution is 7.13. The number of aromatic nitrogens is 2. The van der Waals surface area contributed by atoms with E-state index in [1.807, 2.05) is 12.1 Å². The van der Waals surface area contributed by atoms with Crippen LogP contribution in [0.1, 0.15) is 5.56 Å². The van der Waals surface area contributed by atoms with Gasteiger partial charge in [0.1, 0.15) is 11.6 Å². The molecule has 0 radical (unpaired) electrons. The quantitative estimate of drug-likeness (QED) is 0.644. The first-order valence-corrected chi connectivity index (χ1v) is 6.61. The Labute approximate surface area is 119 Å². The number of anilines is 1. The van der Waals surface area contributed by atoms with E-state index in [1.54, 1.807) is 30.0 Å². The number of carbonyl (C=O) groups is 1. The van der Waals surface area contributed by atoms with Gasteiger partial charge in [0.25, 0.3) is 5.91 Å². The molecular formula is C13H11N5OS. The van der Waals surface area contributed by atoms with Crippen LogP contribution in [0, 0.1) is 11.3 Å². The number of thiazole rings is 1. The summed E-state index contributed by atoms with van der Waals surface area (Å²) in [7, 11) is 0. The maximum atomic E-state index is 11.8. The van der Waals surface area contributed by atoms with Crippen molar-refractivity contribution in [2.24, 2.45) is 0 Å². The molecule has 0 aliphatic carbocycles. The molecule has 7 heteroatoms. The number of carbonyl (C=O) groups excluding carboxylic acids is 1. The molecule has 0 aliphatic heterocycles. The van der Waals surface area contributed by atoms with Crippen molar-refractivity contribution in [3.05, 3.63) is 53.4 Å². The fraction of sp³-hybridized carbons (Fsp3) is 0.0769. The lowest BCUT2D eigenvalue weighted by molar-refractivity contribution is -0.117. The van der Waals surface area contributed by atoms with Crippen LogP contribution in [0.5, 0.6) is 0 Å². The number of hydrogen-bond donors (Lipinski definition) is 2. The summed E-state index contributed by atoms with van der Waals surface area (Å²) in [5.41, 5.74) is 0.857. The van der Waals surface area contributed by atoms with Gasteiger partial charge in [-0.05, 0) is 11.6 Å². The van der Waals surface area contributed by atoms with Crippen LogP contribution < -0.4 is 10.6 Å². The predicted molar refractivity (Wildman–Crippen MR) is 75.5 cm³/mol. The van der Waals surface area contributed by atoms with E-state index in [4.69, 9.17) is 5.26 Å². The minimum atomic E-state index is -0.444. The molecule has 20 heavy (non-hydrogen) atoms. The first-order chi connectivity index (χ1) is 9.79. The van der Waals surface area contributed by atoms with Gasteiger partial charge in [-0.2, -0.15) is 5.26 Å². The molecule has 2 rings (SSSR count). The van der Waals surface area contributed by atoms with Gasteiger partial charge in [-0.15, -0.1) is 11.3 Å². The highest BCUT2D eigenvalue weighted by Crippen LogP contribution is 2.10. The van der Waals surface area contributed by atoms with Crippen LogP contribution in [0.15, 0.2) is 47.9 Å². The molecule has 0 unspecified atom stereocenters. The molecule has 100 valence electrons. The summed E-state index contributed by atoms with van der Waals surface area (Å²) in [6.45, 7) is 0.322. The smallest absolute Gasteiger partial charge is 0.263 e. The third-order valence-electron chi connectivity index (χ3n) is 2.31. The number of amides is 1. The van der Waals surface area contributed by atoms with Gasteiger partial charge in [0.15, 0.2) is 5.13 Å². The van der Waals surface area contributed by atoms with Gasteiger partial charge in [-0.3, -0.25) is 9.78 Å². The molecule has 0 aliphatic rings. The fourth-order valence-electron chi connectivity index (χ4n) is 1.36. The zero-order valence-corrected chi connectivity index (χ0v) is 11.2. The third-order valence-corrected chi connectivity index (χ3v) is 3.02. The second-order valence-corrected chi connectivity index (χ2v) is 4.59. The predicted octanol–water partition coefficient (Wildman–Crippen LogP) is 1.67. The second-order valence-electron chi connectivity index (χ2n) is 3.70. The molecule has 1 amide bonds. The molecule has 0 aromatic carbocycles. The van der Waals surface area contributed by atoms with Gasteiger partial charge in [0.2, 0.25) is 0 Å². The van der Waals surface area contributed by atoms with Crippen molar-refractivity contribution in [3.63, 3.8) is 0 Å². The number of nitrogens with one attached hydrogen (secondary N) is 2. The maximum Gasteiger partial charge on any atom is 0.263 e. The standard InChI is InChI=1S/C13H11N5OS/c14-6-11(9-18-13-16-4-5-20-13)12(19)17-8-10-2-1-3-15-7-10/h1-5,7,9H,8H2,(H,16,18)(H,17,19)/b11-9-. The van der Waals surface area contributed by atoms with E-state index < -0.39 is 5.91 Å². The Morgan fingerprint density at radius 2 is 2.40 bits per heavy atom. The van der Waals surface area contributed by atoms with E-state index in [2.05, 4.69) is 20.6 Å². The van der Waals surface area contributed by atoms with Crippen molar-refractivity contribution in [1.82, 2.24) is 15.3 Å². The molecule has 0 saturated heterocycles. The average Bonchev–Trinajstić information content (AvgIpc) is 3.00. The van der Waals surface area contributed by atoms with Crippen LogP contribution >= 0.6 is 11.3 Å². The molecule has 2 aromatic heterocycles. The van der Waals surface area contributed by atoms with Crippen molar-refractivity contribution in [1.29, 1.82) is 5.26 Å². The summed E-state index contributed by atoms with van der Waals surface area (Å²) >= 11 is 1.38. The molecule has 0 saturated carbocycles. The lowest BCUT2D eigenvalue weighted by Crippen LogP contribution is -2.24. The Hall–Kier alpha value is -2.72. The Balaban J connectivity index is 1.92. The number of nitrogens with zero attached hydrogens (tertiary/aromatic N) is 3. The number of nitriles is 1. The van der Waals surface area contributed by atoms with E-state index in [-0.39, 0.29) is 5.57 Å². The SMILES string of the molecule is N#C/C(=C/Nc1nccs1)C(=O)NCc1cccnc1. The molecule has 2 heterocycles. The van der Waals surface area contributed by atoms with E-state index in [0.717, 1.165) is 5.56 Å². The first-order valence-electron chi connectivity index (χ1n) is 5.73. The molecular weight excluding hydrogens is 274 g/mol. The van der Waals surface area contributed by atoms with Crippen molar-refractivity contribution < 1.29 is 4.79 Å². The van der Waals surface area contributed by atoms with E-state index in [1.165, 1.54) is 17.5 Å². The maximum absolute atomic E-state index is 11.8. The van der Waals surface area contributed by atoms with Crippen molar-refractivity contribution in [2.45, 2.75) is 6.54 Å². The number of pyridine rings is 1. The van der Waals surface area contributed by atoms with Crippen LogP contribution in [0.25, 0.3) is 0 Å². The van der Waals surface area contributed by atoms with Crippen molar-refractivity contribution >= 4 is 22.4 Å². The molecule has 2 N–H and O–H groups in total. The summed E-state index contributed by atoms with van der Waals surface area (Å²) in [5.74, 6) is -0.444. The lowest BCUT2D eigenvalue weighted by Gasteiger charge is -2.04. The van der Waals surface area contributed by atoms with Gasteiger partial charge < -0.3 is 10.6 Å². The van der Waals surface area contributed by atoms with E-state index in [0.29, 0.717) is 11.7 Å². The first kappa shape index (κ1) is 13.7. The average molecular weight is 285 g/mol. The monoisotopic (exact) mass is 285 g/mol. The molecule has 0 spiro atoms. The summed E-state index contributed by atoms with van der Waals surface area (Å²) in [4.78, 5) is 19.8. The van der Waals surface area contributed by atoms with E-state index in [9.17, 15) is 4.79 Å². The van der Waals surface area contributed by atoms with Gasteiger partial charge >= 0.3 is 0 Å². The van der Waals surface area contributed by atoms with Crippen molar-refractivity contribution in [3.8, 4) is 6.07 Å². The summed E-state index contributed by atoms with van der Waals surface area (Å²) in [6, 6.07) is 5.48. The van der Waals surface area contributed by atoms with Crippen LogP contribution in [-0.2, 0) is 11.3 Å². The second kappa shape index (κ2) is 7.01. The molecule has 0 bridgehead atoms. The zero-order chi connectivity index (χ0) is 14.2. The Bertz CT molecular complexity index is 631. The minimum absolute atomic E-state index is 0.0101. The molecule has 0 atom stereocenters. The van der Waals surface area contributed by atoms with Crippen LogP contribution in [-0.4, -0.2) is 15.9 Å². The zero-order valence-electron chi connectivity index (χ0n) is 10.4. The van der Waals surface area contributed by atoms with Gasteiger partial charge in [-0.25, -0.2) is 4.98 Å². The number of hydrogen-bond acceptors (Lipinski definition) is 6. The van der Waals surface area contributed by atoms with Crippen LogP contribution in [0.4, 0.5) is 5.13 Å². The fourth-order valence-corrected chi connectivity index (χ4v) is 1.86. The van der Waals surface area contributed by atoms with E-state index >= 15 is 0 Å².